The molecule has 0 fully saturated rings. The maximum absolute atomic E-state index is 5.80. The molecule has 0 aliphatic carbocycles. The molecule has 0 aromatic carbocycles. The van der Waals surface area contributed by atoms with Gasteiger partial charge in [0.05, 0.1) is 0 Å². The van der Waals surface area contributed by atoms with Gasteiger partial charge >= 0.3 is 0 Å². The van der Waals surface area contributed by atoms with Crippen molar-refractivity contribution >= 4 is 11.6 Å². The van der Waals surface area contributed by atoms with E-state index in [4.69, 9.17) is 11.6 Å². The molecule has 0 unspecified atom stereocenters. The van der Waals surface area contributed by atoms with Crippen LogP contribution in [0.5, 0.6) is 0 Å². The highest BCUT2D eigenvalue weighted by atomic mass is 35.5. The monoisotopic (exact) mass is 132 g/mol. The van der Waals surface area contributed by atoms with Crippen molar-refractivity contribution in [2.75, 3.05) is 0 Å². The molecule has 0 atom stereocenters. The summed E-state index contributed by atoms with van der Waals surface area (Å²) in [6.07, 6.45) is 1.93. The summed E-state index contributed by atoms with van der Waals surface area (Å²) < 4.78 is 0. The van der Waals surface area contributed by atoms with Gasteiger partial charge in [0, 0.05) is 5.03 Å². The largest absolute Gasteiger partial charge is 0.0889 e. The minimum Gasteiger partial charge on any atom is -0.0889 e. The van der Waals surface area contributed by atoms with Crippen LogP contribution in [-0.4, -0.2) is 0 Å². The maximum atomic E-state index is 5.80. The van der Waals surface area contributed by atoms with E-state index in [1.807, 2.05) is 13.0 Å². The normalized spacial score (nSPS) is 14.4. The lowest BCUT2D eigenvalue weighted by Gasteiger charge is -2.15. The van der Waals surface area contributed by atoms with Crippen molar-refractivity contribution in [2.45, 2.75) is 27.7 Å². The zero-order valence-corrected chi connectivity index (χ0v) is 6.71. The Hall–Kier alpha value is 0.0300. The molecule has 48 valence electrons. The molecule has 0 saturated carbocycles. The SMILES string of the molecule is CC=C(Cl)C(C)(C)C. The lowest BCUT2D eigenvalue weighted by Crippen LogP contribution is -2.03. The summed E-state index contributed by atoms with van der Waals surface area (Å²) in [4.78, 5) is 0. The van der Waals surface area contributed by atoms with Crippen molar-refractivity contribution in [2.24, 2.45) is 5.41 Å². The van der Waals surface area contributed by atoms with Crippen LogP contribution in [0.1, 0.15) is 27.7 Å². The average molecular weight is 133 g/mol. The van der Waals surface area contributed by atoms with Crippen molar-refractivity contribution in [3.63, 3.8) is 0 Å². The predicted octanol–water partition coefficient (Wildman–Crippen LogP) is 3.18. The van der Waals surface area contributed by atoms with Crippen molar-refractivity contribution < 1.29 is 0 Å². The molecule has 0 aliphatic heterocycles. The van der Waals surface area contributed by atoms with Gasteiger partial charge < -0.3 is 0 Å². The molecule has 0 aromatic rings. The summed E-state index contributed by atoms with van der Waals surface area (Å²) in [6.45, 7) is 8.23. The highest BCUT2D eigenvalue weighted by molar-refractivity contribution is 6.30. The average Bonchev–Trinajstić information content (AvgIpc) is 1.62. The van der Waals surface area contributed by atoms with Crippen molar-refractivity contribution in [3.05, 3.63) is 11.1 Å². The van der Waals surface area contributed by atoms with E-state index in [0.29, 0.717) is 0 Å². The topological polar surface area (TPSA) is 0 Å². The van der Waals surface area contributed by atoms with Crippen molar-refractivity contribution in [1.82, 2.24) is 0 Å². The number of hydrogen-bond donors (Lipinski definition) is 0. The van der Waals surface area contributed by atoms with Crippen LogP contribution in [0.3, 0.4) is 0 Å². The Labute approximate surface area is 56.5 Å². The Kier molecular flexibility index (Phi) is 2.55. The van der Waals surface area contributed by atoms with Gasteiger partial charge in [-0.25, -0.2) is 0 Å². The third-order valence-corrected chi connectivity index (χ3v) is 1.76. The molecule has 0 bridgehead atoms. The highest BCUT2D eigenvalue weighted by Gasteiger charge is 2.12. The van der Waals surface area contributed by atoms with Crippen LogP contribution in [0.25, 0.3) is 0 Å². The van der Waals surface area contributed by atoms with Gasteiger partial charge in [-0.2, -0.15) is 0 Å². The van der Waals surface area contributed by atoms with Crippen LogP contribution in [0.15, 0.2) is 11.1 Å². The number of halogens is 1. The molecule has 0 aliphatic rings. The fraction of sp³-hybridized carbons (Fsp3) is 0.714. The first-order valence-corrected chi connectivity index (χ1v) is 3.18. The molecule has 8 heavy (non-hydrogen) atoms. The number of allylic oxidation sites excluding steroid dienone is 2. The summed E-state index contributed by atoms with van der Waals surface area (Å²) in [5, 5.41) is 0.928. The fourth-order valence-electron chi connectivity index (χ4n) is 0.433. The minimum absolute atomic E-state index is 0.135. The van der Waals surface area contributed by atoms with E-state index < -0.39 is 0 Å². The molecule has 0 saturated heterocycles. The Balaban J connectivity index is 4.03. The zero-order chi connectivity index (χ0) is 6.78. The Morgan fingerprint density at radius 2 is 1.75 bits per heavy atom. The second kappa shape index (κ2) is 2.54. The summed E-state index contributed by atoms with van der Waals surface area (Å²) in [5.41, 5.74) is 0.135. The van der Waals surface area contributed by atoms with E-state index in [-0.39, 0.29) is 5.41 Å². The fourth-order valence-corrected chi connectivity index (χ4v) is 0.433. The van der Waals surface area contributed by atoms with E-state index in [1.165, 1.54) is 0 Å². The summed E-state index contributed by atoms with van der Waals surface area (Å²) in [6, 6.07) is 0. The van der Waals surface area contributed by atoms with Crippen LogP contribution in [-0.2, 0) is 0 Å². The zero-order valence-electron chi connectivity index (χ0n) is 5.96. The molecular weight excluding hydrogens is 120 g/mol. The van der Waals surface area contributed by atoms with Gasteiger partial charge in [0.15, 0.2) is 0 Å². The van der Waals surface area contributed by atoms with Gasteiger partial charge in [0.25, 0.3) is 0 Å². The van der Waals surface area contributed by atoms with Crippen LogP contribution in [0, 0.1) is 5.41 Å². The standard InChI is InChI=1S/C7H13Cl/c1-5-6(8)7(2,3)4/h5H,1-4H3. The van der Waals surface area contributed by atoms with E-state index >= 15 is 0 Å². The number of hydrogen-bond acceptors (Lipinski definition) is 0. The third kappa shape index (κ3) is 2.37. The first-order valence-electron chi connectivity index (χ1n) is 2.81. The minimum atomic E-state index is 0.135. The molecule has 1 heteroatoms. The first kappa shape index (κ1) is 8.03. The van der Waals surface area contributed by atoms with E-state index in [0.717, 1.165) is 5.03 Å². The molecule has 0 nitrogen and oxygen atoms in total. The Morgan fingerprint density at radius 3 is 1.75 bits per heavy atom. The van der Waals surface area contributed by atoms with Gasteiger partial charge in [-0.1, -0.05) is 38.4 Å². The number of rotatable bonds is 0. The van der Waals surface area contributed by atoms with Crippen molar-refractivity contribution in [3.8, 4) is 0 Å². The molecule has 0 radical (unpaired) electrons. The first-order chi connectivity index (χ1) is 3.48. The van der Waals surface area contributed by atoms with Crippen LogP contribution in [0.4, 0.5) is 0 Å². The third-order valence-electron chi connectivity index (χ3n) is 0.970. The molecular formula is C7H13Cl. The summed E-state index contributed by atoms with van der Waals surface area (Å²) in [7, 11) is 0. The maximum Gasteiger partial charge on any atom is 0.0191 e. The Morgan fingerprint density at radius 1 is 1.38 bits per heavy atom. The van der Waals surface area contributed by atoms with Gasteiger partial charge in [-0.15, -0.1) is 0 Å². The summed E-state index contributed by atoms with van der Waals surface area (Å²) >= 11 is 5.80. The van der Waals surface area contributed by atoms with Gasteiger partial charge in [0.1, 0.15) is 0 Å². The highest BCUT2D eigenvalue weighted by Crippen LogP contribution is 2.27. The molecule has 0 spiro atoms. The quantitative estimate of drug-likeness (QED) is 0.475. The summed E-state index contributed by atoms with van der Waals surface area (Å²) in [5.74, 6) is 0. The molecule has 0 N–H and O–H groups in total. The van der Waals surface area contributed by atoms with E-state index in [9.17, 15) is 0 Å². The smallest absolute Gasteiger partial charge is 0.0191 e. The van der Waals surface area contributed by atoms with Crippen LogP contribution in [0.2, 0.25) is 0 Å². The molecule has 0 aromatic heterocycles. The lowest BCUT2D eigenvalue weighted by molar-refractivity contribution is 0.530. The predicted molar refractivity (Wildman–Crippen MR) is 39.1 cm³/mol. The van der Waals surface area contributed by atoms with Crippen LogP contribution < -0.4 is 0 Å². The molecule has 0 rings (SSSR count). The Bertz CT molecular complexity index is 95.4. The van der Waals surface area contributed by atoms with Gasteiger partial charge in [-0.05, 0) is 12.3 Å². The van der Waals surface area contributed by atoms with Gasteiger partial charge in [0.2, 0.25) is 0 Å². The van der Waals surface area contributed by atoms with Crippen molar-refractivity contribution in [1.29, 1.82) is 0 Å². The van der Waals surface area contributed by atoms with Gasteiger partial charge in [-0.3, -0.25) is 0 Å². The second-order valence-electron chi connectivity index (χ2n) is 2.89. The van der Waals surface area contributed by atoms with E-state index in [1.54, 1.807) is 0 Å². The molecule has 0 heterocycles. The van der Waals surface area contributed by atoms with E-state index in [2.05, 4.69) is 20.8 Å². The van der Waals surface area contributed by atoms with Crippen LogP contribution >= 0.6 is 11.6 Å². The molecule has 0 amide bonds. The lowest BCUT2D eigenvalue weighted by atomic mass is 9.96. The second-order valence-corrected chi connectivity index (χ2v) is 3.29.